The van der Waals surface area contributed by atoms with Gasteiger partial charge < -0.3 is 14.7 Å². The number of piperazine rings is 1. The zero-order chi connectivity index (χ0) is 22.0. The molecule has 0 amide bonds. The van der Waals surface area contributed by atoms with Gasteiger partial charge in [0.25, 0.3) is 5.88 Å². The van der Waals surface area contributed by atoms with Crippen molar-refractivity contribution >= 4 is 35.2 Å². The van der Waals surface area contributed by atoms with E-state index in [1.54, 1.807) is 48.1 Å². The third-order valence-electron chi connectivity index (χ3n) is 5.24. The molecule has 1 fully saturated rings. The fourth-order valence-corrected chi connectivity index (χ4v) is 3.82. The van der Waals surface area contributed by atoms with Gasteiger partial charge in [-0.15, -0.1) is 5.10 Å². The lowest BCUT2D eigenvalue weighted by Crippen LogP contribution is -2.49. The molecule has 1 atom stereocenters. The van der Waals surface area contributed by atoms with Crippen LogP contribution in [-0.4, -0.2) is 57.2 Å². The second-order valence-electron chi connectivity index (χ2n) is 7.13. The Labute approximate surface area is 189 Å². The van der Waals surface area contributed by atoms with Gasteiger partial charge in [-0.1, -0.05) is 29.3 Å². The number of aldehydes is 1. The summed E-state index contributed by atoms with van der Waals surface area (Å²) >= 11 is 12.3. The van der Waals surface area contributed by atoms with Crippen LogP contribution in [0.25, 0.3) is 0 Å². The molecule has 1 unspecified atom stereocenters. The molecule has 0 radical (unpaired) electrons. The lowest BCUT2D eigenvalue weighted by atomic mass is 10.2. The first-order chi connectivity index (χ1) is 15.0. The van der Waals surface area contributed by atoms with Crippen molar-refractivity contribution in [2.24, 2.45) is 0 Å². The van der Waals surface area contributed by atoms with Crippen LogP contribution >= 0.6 is 23.2 Å². The molecule has 4 rings (SSSR count). The van der Waals surface area contributed by atoms with Crippen molar-refractivity contribution in [2.45, 2.75) is 13.1 Å². The number of hydrogen-bond acceptors (Lipinski definition) is 7. The van der Waals surface area contributed by atoms with Crippen molar-refractivity contribution < 1.29 is 14.6 Å². The van der Waals surface area contributed by atoms with Gasteiger partial charge in [0, 0.05) is 50.2 Å². The summed E-state index contributed by atoms with van der Waals surface area (Å²) in [6.07, 6.45) is 1.85. The first-order valence-electron chi connectivity index (χ1n) is 9.74. The van der Waals surface area contributed by atoms with Crippen LogP contribution in [0, 0.1) is 6.92 Å². The van der Waals surface area contributed by atoms with E-state index in [1.165, 1.54) is 0 Å². The number of hydrogen-bond donors (Lipinski definition) is 1. The van der Waals surface area contributed by atoms with Crippen molar-refractivity contribution in [1.82, 2.24) is 19.7 Å². The molecule has 1 aromatic carbocycles. The lowest BCUT2D eigenvalue weighted by molar-refractivity contribution is -0.116. The minimum atomic E-state index is -0.612. The first-order valence-corrected chi connectivity index (χ1v) is 10.5. The Bertz CT molecular complexity index is 1070. The Morgan fingerprint density at radius 2 is 1.94 bits per heavy atom. The van der Waals surface area contributed by atoms with E-state index in [0.717, 1.165) is 12.0 Å². The van der Waals surface area contributed by atoms with Crippen LogP contribution in [0.2, 0.25) is 10.0 Å². The summed E-state index contributed by atoms with van der Waals surface area (Å²) in [5, 5.41) is 15.0. The maximum absolute atomic E-state index is 12.0. The number of aromatic nitrogens is 3. The van der Waals surface area contributed by atoms with E-state index < -0.39 is 6.17 Å². The molecule has 0 saturated carbocycles. The highest BCUT2D eigenvalue weighted by Crippen LogP contribution is 2.33. The molecular weight excluding hydrogens is 441 g/mol. The molecule has 1 saturated heterocycles. The number of phenolic OH excluding ortho intramolecular Hbond substituents is 1. The van der Waals surface area contributed by atoms with Gasteiger partial charge in [-0.25, -0.2) is 9.67 Å². The standard InChI is InChI=1S/C21H21Cl2N5O3/c1-14-20(23)21(31-18-4-2-3-7-24-18)25-28(14)19(13-29)27-10-8-26(9-11-27)15-5-6-16(22)17(30)12-15/h2-7,12-13,19,30H,8-11H2,1H3. The summed E-state index contributed by atoms with van der Waals surface area (Å²) in [5.74, 6) is 0.631. The quantitative estimate of drug-likeness (QED) is 0.556. The van der Waals surface area contributed by atoms with Gasteiger partial charge in [0.1, 0.15) is 10.8 Å². The van der Waals surface area contributed by atoms with Gasteiger partial charge in [-0.2, -0.15) is 0 Å². The number of benzene rings is 1. The number of anilines is 1. The second-order valence-corrected chi connectivity index (χ2v) is 7.91. The number of pyridine rings is 1. The molecule has 0 aliphatic carbocycles. The van der Waals surface area contributed by atoms with E-state index >= 15 is 0 Å². The molecule has 1 aliphatic heterocycles. The molecule has 0 bridgehead atoms. The molecule has 1 N–H and O–H groups in total. The molecule has 10 heteroatoms. The SMILES string of the molecule is Cc1c(Cl)c(Oc2ccccn2)nn1C(C=O)N1CCN(c2ccc(Cl)c(O)c2)CC1. The second kappa shape index (κ2) is 9.13. The largest absolute Gasteiger partial charge is 0.506 e. The summed E-state index contributed by atoms with van der Waals surface area (Å²) in [7, 11) is 0. The van der Waals surface area contributed by atoms with Crippen LogP contribution in [0.1, 0.15) is 11.9 Å². The monoisotopic (exact) mass is 461 g/mol. The average molecular weight is 462 g/mol. The summed E-state index contributed by atoms with van der Waals surface area (Å²) in [6, 6.07) is 10.5. The Morgan fingerprint density at radius 3 is 2.58 bits per heavy atom. The number of nitrogens with zero attached hydrogens (tertiary/aromatic N) is 5. The Kier molecular flexibility index (Phi) is 6.31. The van der Waals surface area contributed by atoms with Crippen LogP contribution in [0.15, 0.2) is 42.6 Å². The predicted molar refractivity (Wildman–Crippen MR) is 118 cm³/mol. The highest BCUT2D eigenvalue weighted by atomic mass is 35.5. The van der Waals surface area contributed by atoms with Crippen LogP contribution < -0.4 is 9.64 Å². The average Bonchev–Trinajstić information content (AvgIpc) is 3.06. The van der Waals surface area contributed by atoms with E-state index in [2.05, 4.69) is 15.0 Å². The maximum atomic E-state index is 12.0. The summed E-state index contributed by atoms with van der Waals surface area (Å²) in [6.45, 7) is 4.40. The van der Waals surface area contributed by atoms with Crippen molar-refractivity contribution in [3.05, 3.63) is 58.3 Å². The maximum Gasteiger partial charge on any atom is 0.259 e. The van der Waals surface area contributed by atoms with Crippen LogP contribution in [0.3, 0.4) is 0 Å². The van der Waals surface area contributed by atoms with Crippen molar-refractivity contribution in [3.8, 4) is 17.5 Å². The van der Waals surface area contributed by atoms with Crippen LogP contribution in [0.5, 0.6) is 17.5 Å². The molecule has 8 nitrogen and oxygen atoms in total. The third kappa shape index (κ3) is 4.46. The Hall–Kier alpha value is -2.81. The zero-order valence-corrected chi connectivity index (χ0v) is 18.3. The van der Waals surface area contributed by atoms with Gasteiger partial charge >= 0.3 is 0 Å². The van der Waals surface area contributed by atoms with Crippen molar-refractivity contribution in [1.29, 1.82) is 0 Å². The number of carbonyl (C=O) groups excluding carboxylic acids is 1. The topological polar surface area (TPSA) is 83.7 Å². The highest BCUT2D eigenvalue weighted by molar-refractivity contribution is 6.32. The van der Waals surface area contributed by atoms with Gasteiger partial charge in [-0.3, -0.25) is 9.69 Å². The first kappa shape index (κ1) is 21.4. The van der Waals surface area contributed by atoms with E-state index in [4.69, 9.17) is 27.9 Å². The number of aromatic hydroxyl groups is 1. The predicted octanol–water partition coefficient (Wildman–Crippen LogP) is 3.91. The molecule has 162 valence electrons. The van der Waals surface area contributed by atoms with E-state index in [-0.39, 0.29) is 11.6 Å². The normalized spacial score (nSPS) is 15.6. The van der Waals surface area contributed by atoms with Crippen molar-refractivity contribution in [2.75, 3.05) is 31.1 Å². The number of halogens is 2. The number of carbonyl (C=O) groups is 1. The van der Waals surface area contributed by atoms with Gasteiger partial charge in [0.05, 0.1) is 10.7 Å². The highest BCUT2D eigenvalue weighted by Gasteiger charge is 2.29. The molecule has 3 heterocycles. The fourth-order valence-electron chi connectivity index (χ4n) is 3.54. The van der Waals surface area contributed by atoms with E-state index in [1.807, 2.05) is 11.0 Å². The molecule has 0 spiro atoms. The summed E-state index contributed by atoms with van der Waals surface area (Å²) < 4.78 is 7.28. The summed E-state index contributed by atoms with van der Waals surface area (Å²) in [4.78, 5) is 20.3. The molecule has 1 aliphatic rings. The zero-order valence-electron chi connectivity index (χ0n) is 16.8. The molecule has 2 aromatic heterocycles. The van der Waals surface area contributed by atoms with Crippen LogP contribution in [-0.2, 0) is 4.79 Å². The fraction of sp³-hybridized carbons (Fsp3) is 0.286. The van der Waals surface area contributed by atoms with Gasteiger partial charge in [0.2, 0.25) is 5.88 Å². The lowest BCUT2D eigenvalue weighted by Gasteiger charge is -2.38. The number of phenols is 1. The van der Waals surface area contributed by atoms with E-state index in [9.17, 15) is 9.90 Å². The number of ether oxygens (including phenoxy) is 1. The smallest absolute Gasteiger partial charge is 0.259 e. The minimum Gasteiger partial charge on any atom is -0.506 e. The summed E-state index contributed by atoms with van der Waals surface area (Å²) in [5.41, 5.74) is 1.52. The Balaban J connectivity index is 1.49. The molecule has 31 heavy (non-hydrogen) atoms. The van der Waals surface area contributed by atoms with Crippen molar-refractivity contribution in [3.63, 3.8) is 0 Å². The Morgan fingerprint density at radius 1 is 1.16 bits per heavy atom. The van der Waals surface area contributed by atoms with Gasteiger partial charge in [0.15, 0.2) is 12.5 Å². The van der Waals surface area contributed by atoms with Crippen LogP contribution in [0.4, 0.5) is 5.69 Å². The molecule has 3 aromatic rings. The van der Waals surface area contributed by atoms with E-state index in [0.29, 0.717) is 47.8 Å². The van der Waals surface area contributed by atoms with Gasteiger partial charge in [-0.05, 0) is 25.1 Å². The third-order valence-corrected chi connectivity index (χ3v) is 6.00. The molecular formula is C21H21Cl2N5O3. The number of rotatable bonds is 6. The minimum absolute atomic E-state index is 0.0506.